The Morgan fingerprint density at radius 2 is 1.32 bits per heavy atom. The van der Waals surface area contributed by atoms with Crippen molar-refractivity contribution in [3.8, 4) is 0 Å². The molecule has 2 aromatic rings. The highest BCUT2D eigenvalue weighted by molar-refractivity contribution is 14.1. The van der Waals surface area contributed by atoms with Gasteiger partial charge >= 0.3 is 0 Å². The first-order chi connectivity index (χ1) is 10.3. The average molecular weight is 452 g/mol. The van der Waals surface area contributed by atoms with Gasteiger partial charge in [0.2, 0.25) is 10.0 Å². The van der Waals surface area contributed by atoms with Crippen molar-refractivity contribution in [2.75, 3.05) is 11.8 Å². The van der Waals surface area contributed by atoms with Crippen molar-refractivity contribution in [1.29, 1.82) is 0 Å². The zero-order chi connectivity index (χ0) is 16.4. The summed E-state index contributed by atoms with van der Waals surface area (Å²) >= 11 is 2.03. The van der Waals surface area contributed by atoms with Crippen LogP contribution in [-0.2, 0) is 20.0 Å². The number of anilines is 1. The van der Waals surface area contributed by atoms with E-state index in [9.17, 15) is 16.8 Å². The van der Waals surface area contributed by atoms with Crippen LogP contribution in [0.2, 0.25) is 0 Å². The zero-order valence-corrected chi connectivity index (χ0v) is 15.2. The van der Waals surface area contributed by atoms with Crippen LogP contribution >= 0.6 is 22.6 Å². The lowest BCUT2D eigenvalue weighted by Gasteiger charge is -2.10. The molecule has 0 aliphatic rings. The minimum absolute atomic E-state index is 0.00300. The molecule has 0 aliphatic heterocycles. The molecule has 0 saturated carbocycles. The predicted octanol–water partition coefficient (Wildman–Crippen LogP) is 2.00. The van der Waals surface area contributed by atoms with Gasteiger partial charge in [0.05, 0.1) is 15.5 Å². The molecule has 118 valence electrons. The van der Waals surface area contributed by atoms with E-state index in [-0.39, 0.29) is 9.79 Å². The van der Waals surface area contributed by atoms with Crippen LogP contribution in [0.3, 0.4) is 0 Å². The third-order valence-corrected chi connectivity index (χ3v) is 6.58. The van der Waals surface area contributed by atoms with Crippen molar-refractivity contribution in [2.45, 2.75) is 9.79 Å². The van der Waals surface area contributed by atoms with Crippen LogP contribution in [0.25, 0.3) is 0 Å². The van der Waals surface area contributed by atoms with Gasteiger partial charge in [0, 0.05) is 3.57 Å². The van der Waals surface area contributed by atoms with E-state index >= 15 is 0 Å². The largest absolute Gasteiger partial charge is 0.279 e. The van der Waals surface area contributed by atoms with E-state index in [2.05, 4.69) is 9.44 Å². The Labute approximate surface area is 143 Å². The molecule has 6 nitrogen and oxygen atoms in total. The second-order valence-electron chi connectivity index (χ2n) is 4.26. The molecule has 0 unspecified atom stereocenters. The lowest BCUT2D eigenvalue weighted by Crippen LogP contribution is -2.19. The molecule has 0 amide bonds. The minimum atomic E-state index is -3.77. The van der Waals surface area contributed by atoms with Gasteiger partial charge in [0.1, 0.15) is 0 Å². The molecule has 0 atom stereocenters. The number of nitrogens with one attached hydrogen (secondary N) is 2. The molecule has 0 heterocycles. The van der Waals surface area contributed by atoms with Gasteiger partial charge in [0.15, 0.2) is 0 Å². The van der Waals surface area contributed by atoms with Crippen LogP contribution in [0.5, 0.6) is 0 Å². The highest BCUT2D eigenvalue weighted by atomic mass is 127. The van der Waals surface area contributed by atoms with Crippen molar-refractivity contribution >= 4 is 48.3 Å². The van der Waals surface area contributed by atoms with Crippen LogP contribution < -0.4 is 9.44 Å². The molecule has 0 saturated heterocycles. The van der Waals surface area contributed by atoms with E-state index in [1.165, 1.54) is 31.3 Å². The quantitative estimate of drug-likeness (QED) is 0.679. The number of benzene rings is 2. The van der Waals surface area contributed by atoms with E-state index in [4.69, 9.17) is 0 Å². The van der Waals surface area contributed by atoms with Gasteiger partial charge in [-0.05, 0) is 66.0 Å². The first-order valence-electron chi connectivity index (χ1n) is 6.07. The summed E-state index contributed by atoms with van der Waals surface area (Å²) in [6.07, 6.45) is 0. The molecular formula is C13H13IN2O4S2. The first kappa shape index (κ1) is 17.2. The topological polar surface area (TPSA) is 92.3 Å². The maximum atomic E-state index is 12.3. The second kappa shape index (κ2) is 6.52. The van der Waals surface area contributed by atoms with Gasteiger partial charge in [-0.3, -0.25) is 4.72 Å². The Hall–Kier alpha value is -1.17. The highest BCUT2D eigenvalue weighted by Gasteiger charge is 2.17. The maximum absolute atomic E-state index is 12.3. The average Bonchev–Trinajstić information content (AvgIpc) is 2.49. The Balaban J connectivity index is 2.33. The van der Waals surface area contributed by atoms with Crippen LogP contribution in [0.15, 0.2) is 58.3 Å². The zero-order valence-electron chi connectivity index (χ0n) is 11.4. The molecule has 2 aromatic carbocycles. The minimum Gasteiger partial charge on any atom is -0.279 e. The van der Waals surface area contributed by atoms with Crippen molar-refractivity contribution in [3.63, 3.8) is 0 Å². The number of para-hydroxylation sites is 1. The van der Waals surface area contributed by atoms with Crippen molar-refractivity contribution in [3.05, 3.63) is 52.1 Å². The number of hydrogen-bond donors (Lipinski definition) is 2. The molecule has 0 spiro atoms. The summed E-state index contributed by atoms with van der Waals surface area (Å²) in [6, 6.07) is 12.0. The molecule has 0 fully saturated rings. The fourth-order valence-corrected chi connectivity index (χ4v) is 4.18. The van der Waals surface area contributed by atoms with E-state index < -0.39 is 20.0 Å². The van der Waals surface area contributed by atoms with Crippen molar-refractivity contribution in [1.82, 2.24) is 4.72 Å². The molecular weight excluding hydrogens is 439 g/mol. The summed E-state index contributed by atoms with van der Waals surface area (Å²) in [6.45, 7) is 0. The van der Waals surface area contributed by atoms with Crippen molar-refractivity contribution in [2.24, 2.45) is 0 Å². The summed E-state index contributed by atoms with van der Waals surface area (Å²) in [7, 11) is -6.08. The monoisotopic (exact) mass is 452 g/mol. The lowest BCUT2D eigenvalue weighted by molar-refractivity contribution is 0.587. The number of sulfonamides is 2. The number of rotatable bonds is 5. The third-order valence-electron chi connectivity index (χ3n) is 2.83. The Morgan fingerprint density at radius 1 is 0.818 bits per heavy atom. The Morgan fingerprint density at radius 3 is 1.82 bits per heavy atom. The van der Waals surface area contributed by atoms with E-state index in [0.29, 0.717) is 5.69 Å². The van der Waals surface area contributed by atoms with Gasteiger partial charge in [-0.25, -0.2) is 21.6 Å². The highest BCUT2D eigenvalue weighted by Crippen LogP contribution is 2.22. The molecule has 0 aliphatic carbocycles. The summed E-state index contributed by atoms with van der Waals surface area (Å²) < 4.78 is 53.3. The van der Waals surface area contributed by atoms with E-state index in [0.717, 1.165) is 3.57 Å². The van der Waals surface area contributed by atoms with Crippen LogP contribution in [0, 0.1) is 3.57 Å². The smallest absolute Gasteiger partial charge is 0.261 e. The van der Waals surface area contributed by atoms with Gasteiger partial charge in [-0.1, -0.05) is 12.1 Å². The van der Waals surface area contributed by atoms with Crippen LogP contribution in [-0.4, -0.2) is 23.9 Å². The molecule has 2 N–H and O–H groups in total. The Kier molecular flexibility index (Phi) is 5.10. The van der Waals surface area contributed by atoms with Crippen LogP contribution in [0.4, 0.5) is 5.69 Å². The fourth-order valence-electron chi connectivity index (χ4n) is 1.66. The fraction of sp³-hybridized carbons (Fsp3) is 0.0769. The summed E-state index contributed by atoms with van der Waals surface area (Å²) in [5, 5.41) is 0. The molecule has 22 heavy (non-hydrogen) atoms. The molecule has 2 rings (SSSR count). The Bertz CT molecular complexity index is 879. The normalized spacial score (nSPS) is 12.1. The standard InChI is InChI=1S/C13H13IN2O4S2/c1-15-21(17,18)10-6-8-11(9-7-10)22(19,20)16-13-5-3-2-4-12(13)14/h2-9,15-16H,1H3. The summed E-state index contributed by atoms with van der Waals surface area (Å²) in [4.78, 5) is -0.00884. The molecule has 0 bridgehead atoms. The summed E-state index contributed by atoms with van der Waals surface area (Å²) in [5.74, 6) is 0. The second-order valence-corrected chi connectivity index (χ2v) is 9.00. The van der Waals surface area contributed by atoms with Gasteiger partial charge in [-0.2, -0.15) is 0 Å². The van der Waals surface area contributed by atoms with Gasteiger partial charge in [-0.15, -0.1) is 0 Å². The van der Waals surface area contributed by atoms with E-state index in [1.807, 2.05) is 22.6 Å². The lowest BCUT2D eigenvalue weighted by atomic mass is 10.3. The molecule has 0 aromatic heterocycles. The number of halogens is 1. The maximum Gasteiger partial charge on any atom is 0.261 e. The summed E-state index contributed by atoms with van der Waals surface area (Å²) in [5.41, 5.74) is 0.468. The van der Waals surface area contributed by atoms with Crippen LogP contribution in [0.1, 0.15) is 0 Å². The van der Waals surface area contributed by atoms with E-state index in [1.54, 1.807) is 24.3 Å². The number of hydrogen-bond acceptors (Lipinski definition) is 4. The SMILES string of the molecule is CNS(=O)(=O)c1ccc(S(=O)(=O)Nc2ccccc2I)cc1. The third kappa shape index (κ3) is 3.77. The molecule has 0 radical (unpaired) electrons. The molecule has 9 heteroatoms. The first-order valence-corrected chi connectivity index (χ1v) is 10.1. The van der Waals surface area contributed by atoms with Gasteiger partial charge < -0.3 is 0 Å². The van der Waals surface area contributed by atoms with Gasteiger partial charge in [0.25, 0.3) is 10.0 Å². The van der Waals surface area contributed by atoms with Crippen molar-refractivity contribution < 1.29 is 16.8 Å². The predicted molar refractivity (Wildman–Crippen MR) is 92.7 cm³/mol.